The first-order valence-electron chi connectivity index (χ1n) is 7.11. The third-order valence-electron chi connectivity index (χ3n) is 4.09. The van der Waals surface area contributed by atoms with Gasteiger partial charge in [0.2, 0.25) is 0 Å². The van der Waals surface area contributed by atoms with Gasteiger partial charge in [-0.25, -0.2) is 4.79 Å². The van der Waals surface area contributed by atoms with Gasteiger partial charge in [-0.15, -0.1) is 0 Å². The summed E-state index contributed by atoms with van der Waals surface area (Å²) < 4.78 is 1.53. The van der Waals surface area contributed by atoms with E-state index in [-0.39, 0.29) is 11.1 Å². The van der Waals surface area contributed by atoms with Gasteiger partial charge in [-0.3, -0.25) is 4.79 Å². The standard InChI is InChI=1S/C15H22N2O3/c1-11-5-8-17(14(18)13(11)15(19)20)9-6-12-4-3-7-16(2)10-12/h5,8,12H,3-4,6-7,9-10H2,1-2H3,(H,19,20). The minimum absolute atomic E-state index is 0.103. The quantitative estimate of drug-likeness (QED) is 0.908. The van der Waals surface area contributed by atoms with Crippen molar-refractivity contribution in [1.82, 2.24) is 9.47 Å². The summed E-state index contributed by atoms with van der Waals surface area (Å²) in [5.74, 6) is -0.547. The lowest BCUT2D eigenvalue weighted by molar-refractivity contribution is 0.0693. The molecule has 1 aliphatic rings. The molecule has 1 aliphatic heterocycles. The topological polar surface area (TPSA) is 62.5 Å². The highest BCUT2D eigenvalue weighted by Gasteiger charge is 2.18. The number of nitrogens with zero attached hydrogens (tertiary/aromatic N) is 2. The predicted octanol–water partition coefficient (Wildman–Crippen LogP) is 1.59. The van der Waals surface area contributed by atoms with Crippen LogP contribution in [-0.4, -0.2) is 40.7 Å². The van der Waals surface area contributed by atoms with E-state index in [1.54, 1.807) is 19.2 Å². The minimum Gasteiger partial charge on any atom is -0.477 e. The Kier molecular flexibility index (Phi) is 4.60. The van der Waals surface area contributed by atoms with E-state index in [1.165, 1.54) is 17.4 Å². The largest absolute Gasteiger partial charge is 0.477 e. The second-order valence-electron chi connectivity index (χ2n) is 5.74. The van der Waals surface area contributed by atoms with Crippen molar-refractivity contribution >= 4 is 5.97 Å². The van der Waals surface area contributed by atoms with Crippen LogP contribution in [0, 0.1) is 12.8 Å². The van der Waals surface area contributed by atoms with Crippen molar-refractivity contribution in [3.63, 3.8) is 0 Å². The number of aryl methyl sites for hydroxylation is 2. The average molecular weight is 278 g/mol. The van der Waals surface area contributed by atoms with E-state index in [4.69, 9.17) is 5.11 Å². The lowest BCUT2D eigenvalue weighted by Gasteiger charge is -2.29. The summed E-state index contributed by atoms with van der Waals surface area (Å²) in [6.07, 6.45) is 5.02. The second-order valence-corrected chi connectivity index (χ2v) is 5.74. The Balaban J connectivity index is 2.08. The molecule has 0 spiro atoms. The first-order chi connectivity index (χ1) is 9.49. The van der Waals surface area contributed by atoms with Crippen LogP contribution in [-0.2, 0) is 6.54 Å². The molecular formula is C15H22N2O3. The summed E-state index contributed by atoms with van der Waals surface area (Å²) in [7, 11) is 2.12. The zero-order chi connectivity index (χ0) is 14.7. The molecule has 110 valence electrons. The summed E-state index contributed by atoms with van der Waals surface area (Å²) in [5.41, 5.74) is 0.0334. The van der Waals surface area contributed by atoms with Gasteiger partial charge in [-0.1, -0.05) is 0 Å². The molecule has 1 atom stereocenters. The molecule has 1 unspecified atom stereocenters. The number of rotatable bonds is 4. The Morgan fingerprint density at radius 2 is 2.25 bits per heavy atom. The molecule has 1 N–H and O–H groups in total. The van der Waals surface area contributed by atoms with Crippen LogP contribution in [0.4, 0.5) is 0 Å². The van der Waals surface area contributed by atoms with Crippen LogP contribution in [0.1, 0.15) is 35.2 Å². The van der Waals surface area contributed by atoms with Crippen LogP contribution in [0.5, 0.6) is 0 Å². The number of carboxylic acid groups (broad SMARTS) is 1. The zero-order valence-corrected chi connectivity index (χ0v) is 12.1. The molecule has 2 heterocycles. The smallest absolute Gasteiger partial charge is 0.341 e. The Hall–Kier alpha value is -1.62. The minimum atomic E-state index is -1.14. The number of hydrogen-bond donors (Lipinski definition) is 1. The highest BCUT2D eigenvalue weighted by atomic mass is 16.4. The van der Waals surface area contributed by atoms with Crippen molar-refractivity contribution in [3.8, 4) is 0 Å². The van der Waals surface area contributed by atoms with Crippen molar-refractivity contribution in [2.45, 2.75) is 32.7 Å². The third kappa shape index (κ3) is 3.28. The van der Waals surface area contributed by atoms with Gasteiger partial charge in [0.25, 0.3) is 5.56 Å². The molecule has 0 radical (unpaired) electrons. The number of carboxylic acids is 1. The summed E-state index contributed by atoms with van der Waals surface area (Å²) in [4.78, 5) is 25.6. The Labute approximate surface area is 118 Å². The Morgan fingerprint density at radius 1 is 1.50 bits per heavy atom. The molecule has 1 saturated heterocycles. The van der Waals surface area contributed by atoms with Gasteiger partial charge in [0.05, 0.1) is 0 Å². The zero-order valence-electron chi connectivity index (χ0n) is 12.1. The maximum atomic E-state index is 12.1. The fraction of sp³-hybridized carbons (Fsp3) is 0.600. The molecule has 1 aromatic rings. The first kappa shape index (κ1) is 14.8. The third-order valence-corrected chi connectivity index (χ3v) is 4.09. The van der Waals surface area contributed by atoms with Crippen molar-refractivity contribution < 1.29 is 9.90 Å². The summed E-state index contributed by atoms with van der Waals surface area (Å²) in [6, 6.07) is 1.71. The van der Waals surface area contributed by atoms with Gasteiger partial charge in [-0.05, 0) is 57.3 Å². The van der Waals surface area contributed by atoms with Crippen molar-refractivity contribution in [2.75, 3.05) is 20.1 Å². The van der Waals surface area contributed by atoms with Crippen LogP contribution in [0.25, 0.3) is 0 Å². The van der Waals surface area contributed by atoms with E-state index in [0.29, 0.717) is 18.0 Å². The summed E-state index contributed by atoms with van der Waals surface area (Å²) >= 11 is 0. The highest BCUT2D eigenvalue weighted by Crippen LogP contribution is 2.18. The number of piperidine rings is 1. The van der Waals surface area contributed by atoms with Crippen LogP contribution in [0.2, 0.25) is 0 Å². The van der Waals surface area contributed by atoms with E-state index < -0.39 is 5.97 Å². The average Bonchev–Trinajstić information content (AvgIpc) is 2.37. The number of likely N-dealkylation sites (tertiary alicyclic amines) is 1. The fourth-order valence-electron chi connectivity index (χ4n) is 2.93. The van der Waals surface area contributed by atoms with Crippen LogP contribution >= 0.6 is 0 Å². The van der Waals surface area contributed by atoms with Crippen LogP contribution in [0.3, 0.4) is 0 Å². The van der Waals surface area contributed by atoms with Crippen LogP contribution < -0.4 is 5.56 Å². The molecule has 0 aliphatic carbocycles. The monoisotopic (exact) mass is 278 g/mol. The van der Waals surface area contributed by atoms with E-state index >= 15 is 0 Å². The lowest BCUT2D eigenvalue weighted by atomic mass is 9.95. The Bertz CT molecular complexity index is 551. The van der Waals surface area contributed by atoms with Crippen molar-refractivity contribution in [2.24, 2.45) is 5.92 Å². The first-order valence-corrected chi connectivity index (χ1v) is 7.11. The van der Waals surface area contributed by atoms with Gasteiger partial charge in [0.15, 0.2) is 0 Å². The summed E-state index contributed by atoms with van der Waals surface area (Å²) in [5, 5.41) is 9.10. The number of aromatic nitrogens is 1. The number of carbonyl (C=O) groups is 1. The van der Waals surface area contributed by atoms with Crippen LogP contribution in [0.15, 0.2) is 17.1 Å². The molecule has 1 aromatic heterocycles. The lowest BCUT2D eigenvalue weighted by Crippen LogP contribution is -2.33. The van der Waals surface area contributed by atoms with Gasteiger partial charge in [0, 0.05) is 19.3 Å². The van der Waals surface area contributed by atoms with E-state index in [2.05, 4.69) is 11.9 Å². The molecule has 20 heavy (non-hydrogen) atoms. The molecule has 1 fully saturated rings. The number of aromatic carboxylic acids is 1. The number of pyridine rings is 1. The molecule has 0 bridgehead atoms. The maximum absolute atomic E-state index is 12.1. The normalized spacial score (nSPS) is 20.0. The van der Waals surface area contributed by atoms with Gasteiger partial charge >= 0.3 is 5.97 Å². The van der Waals surface area contributed by atoms with Gasteiger partial charge < -0.3 is 14.6 Å². The molecule has 0 saturated carbocycles. The Morgan fingerprint density at radius 3 is 2.90 bits per heavy atom. The van der Waals surface area contributed by atoms with E-state index in [0.717, 1.165) is 19.5 Å². The molecule has 2 rings (SSSR count). The molecule has 5 nitrogen and oxygen atoms in total. The molecular weight excluding hydrogens is 256 g/mol. The van der Waals surface area contributed by atoms with Gasteiger partial charge in [0.1, 0.15) is 5.56 Å². The number of hydrogen-bond acceptors (Lipinski definition) is 3. The SMILES string of the molecule is Cc1ccn(CCC2CCCN(C)C2)c(=O)c1C(=O)O. The molecule has 0 amide bonds. The predicted molar refractivity (Wildman–Crippen MR) is 77.2 cm³/mol. The molecule has 5 heteroatoms. The summed E-state index contributed by atoms with van der Waals surface area (Å²) in [6.45, 7) is 4.46. The maximum Gasteiger partial charge on any atom is 0.341 e. The van der Waals surface area contributed by atoms with Crippen molar-refractivity contribution in [1.29, 1.82) is 0 Å². The molecule has 0 aromatic carbocycles. The second kappa shape index (κ2) is 6.22. The van der Waals surface area contributed by atoms with E-state index in [9.17, 15) is 9.59 Å². The highest BCUT2D eigenvalue weighted by molar-refractivity contribution is 5.88. The fourth-order valence-corrected chi connectivity index (χ4v) is 2.93. The van der Waals surface area contributed by atoms with Gasteiger partial charge in [-0.2, -0.15) is 0 Å². The van der Waals surface area contributed by atoms with E-state index in [1.807, 2.05) is 0 Å². The van der Waals surface area contributed by atoms with Crippen molar-refractivity contribution in [3.05, 3.63) is 33.7 Å².